The van der Waals surface area contributed by atoms with Crippen LogP contribution in [0.2, 0.25) is 0 Å². The smallest absolute Gasteiger partial charge is 0.342 e. The highest BCUT2D eigenvalue weighted by Crippen LogP contribution is 2.29. The first-order valence-electron chi connectivity index (χ1n) is 3.58. The van der Waals surface area contributed by atoms with E-state index >= 15 is 0 Å². The minimum Gasteiger partial charge on any atom is -0.342 e. The molecule has 1 amide bonds. The second kappa shape index (κ2) is 3.33. The van der Waals surface area contributed by atoms with Crippen LogP contribution in [-0.4, -0.2) is 17.6 Å². The number of rotatable bonds is 2. The largest absolute Gasteiger partial charge is 0.410 e. The van der Waals surface area contributed by atoms with Gasteiger partial charge < -0.3 is 5.32 Å². The predicted octanol–water partition coefficient (Wildman–Crippen LogP) is 1.85. The number of hydrogen-bond donors (Lipinski definition) is 1. The molecule has 0 aliphatic carbocycles. The van der Waals surface area contributed by atoms with Crippen LogP contribution in [0.3, 0.4) is 0 Å². The van der Waals surface area contributed by atoms with Crippen molar-refractivity contribution in [2.45, 2.75) is 38.9 Å². The van der Waals surface area contributed by atoms with Gasteiger partial charge in [-0.3, -0.25) is 4.79 Å². The summed E-state index contributed by atoms with van der Waals surface area (Å²) in [5, 5.41) is 1.88. The van der Waals surface area contributed by atoms with Crippen LogP contribution in [-0.2, 0) is 4.79 Å². The number of carbonyl (C=O) groups excluding carboxylic acids is 1. The van der Waals surface area contributed by atoms with Crippen molar-refractivity contribution in [3.8, 4) is 0 Å². The maximum Gasteiger partial charge on any atom is 0.410 e. The maximum absolute atomic E-state index is 12.1. The number of alkyl halides is 3. The minimum atomic E-state index is -4.40. The lowest BCUT2D eigenvalue weighted by molar-refractivity contribution is -0.188. The van der Waals surface area contributed by atoms with Crippen molar-refractivity contribution in [2.75, 3.05) is 0 Å². The molecule has 0 aliphatic rings. The van der Waals surface area contributed by atoms with E-state index in [9.17, 15) is 18.0 Å². The van der Waals surface area contributed by atoms with Crippen molar-refractivity contribution in [2.24, 2.45) is 0 Å². The van der Waals surface area contributed by atoms with Gasteiger partial charge in [0.05, 0.1) is 0 Å². The highest BCUT2D eigenvalue weighted by molar-refractivity contribution is 5.76. The molecular formula is C7H12F3NO. The Balaban J connectivity index is 4.33. The summed E-state index contributed by atoms with van der Waals surface area (Å²) >= 11 is 0. The molecule has 12 heavy (non-hydrogen) atoms. The monoisotopic (exact) mass is 183 g/mol. The molecule has 0 aromatic heterocycles. The van der Waals surface area contributed by atoms with Gasteiger partial charge in [0.25, 0.3) is 0 Å². The maximum atomic E-state index is 12.1. The van der Waals surface area contributed by atoms with Gasteiger partial charge in [-0.1, -0.05) is 6.92 Å². The highest BCUT2D eigenvalue weighted by atomic mass is 19.4. The summed E-state index contributed by atoms with van der Waals surface area (Å²) in [5.41, 5.74) is -2.14. The highest BCUT2D eigenvalue weighted by Gasteiger charge is 2.48. The SMILES string of the molecule is CCC(=O)NC(C)(C)C(F)(F)F. The minimum absolute atomic E-state index is 0.0551. The topological polar surface area (TPSA) is 29.1 Å². The van der Waals surface area contributed by atoms with E-state index in [1.54, 1.807) is 0 Å². The fourth-order valence-corrected chi connectivity index (χ4v) is 0.508. The molecule has 0 aromatic carbocycles. The van der Waals surface area contributed by atoms with Gasteiger partial charge in [0.15, 0.2) is 0 Å². The van der Waals surface area contributed by atoms with Gasteiger partial charge in [0.2, 0.25) is 5.91 Å². The standard InChI is InChI=1S/C7H12F3NO/c1-4-5(12)11-6(2,3)7(8,9)10/h4H2,1-3H3,(H,11,12). The molecule has 0 saturated heterocycles. The lowest BCUT2D eigenvalue weighted by atomic mass is 10.1. The lowest BCUT2D eigenvalue weighted by Crippen LogP contribution is -2.54. The molecule has 0 aromatic rings. The second-order valence-corrected chi connectivity index (χ2v) is 3.02. The van der Waals surface area contributed by atoms with Crippen LogP contribution in [0.25, 0.3) is 0 Å². The third-order valence-corrected chi connectivity index (χ3v) is 1.48. The first kappa shape index (κ1) is 11.3. The third-order valence-electron chi connectivity index (χ3n) is 1.48. The molecule has 0 atom stereocenters. The van der Waals surface area contributed by atoms with Crippen LogP contribution in [0.5, 0.6) is 0 Å². The third kappa shape index (κ3) is 2.71. The van der Waals surface area contributed by atoms with Gasteiger partial charge in [-0.15, -0.1) is 0 Å². The summed E-state index contributed by atoms with van der Waals surface area (Å²) in [5.74, 6) is -0.600. The Bertz CT molecular complexity index is 174. The summed E-state index contributed by atoms with van der Waals surface area (Å²) in [6.45, 7) is 3.36. The van der Waals surface area contributed by atoms with E-state index in [-0.39, 0.29) is 6.42 Å². The number of nitrogens with one attached hydrogen (secondary N) is 1. The Labute approximate surface area is 69.1 Å². The van der Waals surface area contributed by atoms with E-state index in [2.05, 4.69) is 0 Å². The summed E-state index contributed by atoms with van der Waals surface area (Å²) in [6, 6.07) is 0. The molecule has 0 spiro atoms. The molecule has 0 unspecified atom stereocenters. The van der Waals surface area contributed by atoms with E-state index < -0.39 is 17.6 Å². The molecule has 0 saturated carbocycles. The van der Waals surface area contributed by atoms with E-state index in [4.69, 9.17) is 0 Å². The fraction of sp³-hybridized carbons (Fsp3) is 0.857. The summed E-state index contributed by atoms with van der Waals surface area (Å²) in [6.07, 6.45) is -4.35. The number of hydrogen-bond acceptors (Lipinski definition) is 1. The average Bonchev–Trinajstić information content (AvgIpc) is 1.84. The zero-order valence-electron chi connectivity index (χ0n) is 7.25. The number of amides is 1. The molecule has 2 nitrogen and oxygen atoms in total. The molecule has 0 bridgehead atoms. The Kier molecular flexibility index (Phi) is 3.12. The zero-order chi connectivity index (χ0) is 9.99. The van der Waals surface area contributed by atoms with Crippen molar-refractivity contribution < 1.29 is 18.0 Å². The Morgan fingerprint density at radius 2 is 1.75 bits per heavy atom. The van der Waals surface area contributed by atoms with Gasteiger partial charge in [-0.25, -0.2) is 0 Å². The zero-order valence-corrected chi connectivity index (χ0v) is 7.25. The Hall–Kier alpha value is -0.740. The molecule has 0 aliphatic heterocycles. The van der Waals surface area contributed by atoms with Crippen LogP contribution < -0.4 is 5.32 Å². The van der Waals surface area contributed by atoms with Gasteiger partial charge in [-0.05, 0) is 13.8 Å². The molecule has 1 N–H and O–H groups in total. The van der Waals surface area contributed by atoms with Crippen LogP contribution in [0, 0.1) is 0 Å². The molecule has 5 heteroatoms. The van der Waals surface area contributed by atoms with Crippen LogP contribution in [0.15, 0.2) is 0 Å². The number of carbonyl (C=O) groups is 1. The molecule has 0 rings (SSSR count). The van der Waals surface area contributed by atoms with Crippen LogP contribution in [0.1, 0.15) is 27.2 Å². The van der Waals surface area contributed by atoms with E-state index in [0.29, 0.717) is 0 Å². The summed E-state index contributed by atoms with van der Waals surface area (Å²) in [4.78, 5) is 10.7. The first-order chi connectivity index (χ1) is 5.20. The van der Waals surface area contributed by atoms with E-state index in [1.807, 2.05) is 5.32 Å². The first-order valence-corrected chi connectivity index (χ1v) is 3.58. The molecule has 0 fully saturated rings. The van der Waals surface area contributed by atoms with Crippen LogP contribution >= 0.6 is 0 Å². The van der Waals surface area contributed by atoms with Crippen molar-refractivity contribution in [3.05, 3.63) is 0 Å². The van der Waals surface area contributed by atoms with Gasteiger partial charge >= 0.3 is 6.18 Å². The quantitative estimate of drug-likeness (QED) is 0.695. The van der Waals surface area contributed by atoms with Crippen molar-refractivity contribution in [1.29, 1.82) is 0 Å². The Morgan fingerprint density at radius 1 is 1.33 bits per heavy atom. The van der Waals surface area contributed by atoms with Crippen molar-refractivity contribution >= 4 is 5.91 Å². The average molecular weight is 183 g/mol. The van der Waals surface area contributed by atoms with Crippen molar-refractivity contribution in [3.63, 3.8) is 0 Å². The predicted molar refractivity (Wildman–Crippen MR) is 38.6 cm³/mol. The number of halogens is 3. The summed E-state index contributed by atoms with van der Waals surface area (Å²) < 4.78 is 36.3. The summed E-state index contributed by atoms with van der Waals surface area (Å²) in [7, 11) is 0. The van der Waals surface area contributed by atoms with E-state index in [0.717, 1.165) is 13.8 Å². The molecular weight excluding hydrogens is 171 g/mol. The fourth-order valence-electron chi connectivity index (χ4n) is 0.508. The van der Waals surface area contributed by atoms with Crippen LogP contribution in [0.4, 0.5) is 13.2 Å². The van der Waals surface area contributed by atoms with E-state index in [1.165, 1.54) is 6.92 Å². The van der Waals surface area contributed by atoms with Gasteiger partial charge in [0, 0.05) is 6.42 Å². The molecule has 0 heterocycles. The second-order valence-electron chi connectivity index (χ2n) is 3.02. The van der Waals surface area contributed by atoms with Crippen molar-refractivity contribution in [1.82, 2.24) is 5.32 Å². The molecule has 0 radical (unpaired) electrons. The normalized spacial score (nSPS) is 12.8. The Morgan fingerprint density at radius 3 is 2.00 bits per heavy atom. The molecule has 72 valence electrons. The van der Waals surface area contributed by atoms with Gasteiger partial charge in [-0.2, -0.15) is 13.2 Å². The lowest BCUT2D eigenvalue weighted by Gasteiger charge is -2.28. The van der Waals surface area contributed by atoms with Gasteiger partial charge in [0.1, 0.15) is 5.54 Å².